The first kappa shape index (κ1) is 18.0. The number of benzene rings is 1. The van der Waals surface area contributed by atoms with Crippen molar-refractivity contribution >= 4 is 16.8 Å². The van der Waals surface area contributed by atoms with Crippen LogP contribution in [0.5, 0.6) is 0 Å². The van der Waals surface area contributed by atoms with E-state index in [0.29, 0.717) is 6.04 Å². The van der Waals surface area contributed by atoms with Gasteiger partial charge < -0.3 is 9.47 Å². The van der Waals surface area contributed by atoms with Crippen molar-refractivity contribution in [2.24, 2.45) is 7.05 Å². The third kappa shape index (κ3) is 3.45. The highest BCUT2D eigenvalue weighted by Gasteiger charge is 2.20. The molecule has 3 rings (SSSR count). The Hall–Kier alpha value is -1.81. The molecule has 0 N–H and O–H groups in total. The van der Waals surface area contributed by atoms with Crippen LogP contribution in [-0.4, -0.2) is 53.0 Å². The Morgan fingerprint density at radius 3 is 2.76 bits per heavy atom. The lowest BCUT2D eigenvalue weighted by Gasteiger charge is -2.34. The van der Waals surface area contributed by atoms with E-state index in [-0.39, 0.29) is 5.91 Å². The van der Waals surface area contributed by atoms with Crippen LogP contribution in [0, 0.1) is 13.8 Å². The molecule has 1 saturated heterocycles. The standard InChI is InChI=1S/C21H31N3O/c1-15-8-6-7-11-24(15)13-12-22(4)21(25)18-9-10-20-19(14-18)16(2)17(3)23(20)5/h9-10,14-15H,6-8,11-13H2,1-5H3. The molecule has 0 bridgehead atoms. The van der Waals surface area contributed by atoms with Crippen LogP contribution in [0.2, 0.25) is 0 Å². The summed E-state index contributed by atoms with van der Waals surface area (Å²) < 4.78 is 2.19. The number of carbonyl (C=O) groups is 1. The number of rotatable bonds is 4. The van der Waals surface area contributed by atoms with Crippen molar-refractivity contribution in [1.29, 1.82) is 0 Å². The number of aryl methyl sites for hydroxylation is 2. The number of fused-ring (bicyclic) bond motifs is 1. The number of likely N-dealkylation sites (tertiary alicyclic amines) is 1. The van der Waals surface area contributed by atoms with E-state index in [1.807, 2.05) is 18.0 Å². The van der Waals surface area contributed by atoms with Gasteiger partial charge in [-0.2, -0.15) is 0 Å². The van der Waals surface area contributed by atoms with Crippen LogP contribution in [0.15, 0.2) is 18.2 Å². The molecule has 2 heterocycles. The van der Waals surface area contributed by atoms with Crippen LogP contribution in [0.1, 0.15) is 47.8 Å². The Bertz CT molecular complexity index is 777. The molecule has 4 heteroatoms. The predicted molar refractivity (Wildman–Crippen MR) is 104 cm³/mol. The van der Waals surface area contributed by atoms with Gasteiger partial charge in [-0.05, 0) is 63.9 Å². The maximum absolute atomic E-state index is 12.8. The number of likely N-dealkylation sites (N-methyl/N-ethyl adjacent to an activating group) is 1. The maximum Gasteiger partial charge on any atom is 0.253 e. The molecular formula is C21H31N3O. The van der Waals surface area contributed by atoms with Crippen LogP contribution in [0.3, 0.4) is 0 Å². The maximum atomic E-state index is 12.8. The minimum atomic E-state index is 0.118. The number of piperidine rings is 1. The quantitative estimate of drug-likeness (QED) is 0.847. The van der Waals surface area contributed by atoms with Crippen molar-refractivity contribution < 1.29 is 4.79 Å². The number of hydrogen-bond donors (Lipinski definition) is 0. The smallest absolute Gasteiger partial charge is 0.253 e. The fourth-order valence-electron chi connectivity index (χ4n) is 3.98. The van der Waals surface area contributed by atoms with Crippen LogP contribution in [0.4, 0.5) is 0 Å². The van der Waals surface area contributed by atoms with Gasteiger partial charge in [-0.25, -0.2) is 0 Å². The summed E-state index contributed by atoms with van der Waals surface area (Å²) in [5.41, 5.74) is 4.50. The summed E-state index contributed by atoms with van der Waals surface area (Å²) in [7, 11) is 4.00. The van der Waals surface area contributed by atoms with Gasteiger partial charge in [0.05, 0.1) is 0 Å². The van der Waals surface area contributed by atoms with Gasteiger partial charge in [0.25, 0.3) is 5.91 Å². The van der Waals surface area contributed by atoms with Gasteiger partial charge in [0.2, 0.25) is 0 Å². The fraction of sp³-hybridized carbons (Fsp3) is 0.571. The minimum Gasteiger partial charge on any atom is -0.348 e. The Kier molecular flexibility index (Phi) is 5.19. The average molecular weight is 341 g/mol. The van der Waals surface area contributed by atoms with Gasteiger partial charge in [0.1, 0.15) is 0 Å². The monoisotopic (exact) mass is 341 g/mol. The number of nitrogens with zero attached hydrogens (tertiary/aromatic N) is 3. The predicted octanol–water partition coefficient (Wildman–Crippen LogP) is 3.74. The first-order valence-electron chi connectivity index (χ1n) is 9.45. The Labute approximate surface area is 151 Å². The van der Waals surface area contributed by atoms with E-state index in [0.717, 1.165) is 25.2 Å². The molecule has 1 amide bonds. The molecule has 0 aliphatic carbocycles. The minimum absolute atomic E-state index is 0.118. The first-order valence-corrected chi connectivity index (χ1v) is 9.45. The van der Waals surface area contributed by atoms with Gasteiger partial charge in [0, 0.05) is 55.4 Å². The molecule has 0 saturated carbocycles. The second-order valence-electron chi connectivity index (χ2n) is 7.61. The van der Waals surface area contributed by atoms with Gasteiger partial charge in [-0.3, -0.25) is 9.69 Å². The van der Waals surface area contributed by atoms with E-state index in [4.69, 9.17) is 0 Å². The Balaban J connectivity index is 1.71. The number of amides is 1. The topological polar surface area (TPSA) is 28.5 Å². The van der Waals surface area contributed by atoms with E-state index in [2.05, 4.69) is 49.4 Å². The van der Waals surface area contributed by atoms with E-state index in [1.54, 1.807) is 0 Å². The molecule has 1 fully saturated rings. The van der Waals surface area contributed by atoms with Crippen molar-refractivity contribution in [2.75, 3.05) is 26.7 Å². The summed E-state index contributed by atoms with van der Waals surface area (Å²) in [5, 5.41) is 1.18. The number of aromatic nitrogens is 1. The molecule has 1 aromatic carbocycles. The lowest BCUT2D eigenvalue weighted by atomic mass is 10.0. The molecule has 1 unspecified atom stereocenters. The zero-order valence-electron chi connectivity index (χ0n) is 16.3. The summed E-state index contributed by atoms with van der Waals surface area (Å²) in [5.74, 6) is 0.118. The Morgan fingerprint density at radius 2 is 2.04 bits per heavy atom. The summed E-state index contributed by atoms with van der Waals surface area (Å²) in [4.78, 5) is 17.2. The van der Waals surface area contributed by atoms with E-state index in [9.17, 15) is 4.79 Å². The largest absolute Gasteiger partial charge is 0.348 e. The molecule has 0 spiro atoms. The lowest BCUT2D eigenvalue weighted by molar-refractivity contribution is 0.0752. The number of hydrogen-bond acceptors (Lipinski definition) is 2. The first-order chi connectivity index (χ1) is 11.9. The fourth-order valence-corrected chi connectivity index (χ4v) is 3.98. The molecule has 25 heavy (non-hydrogen) atoms. The highest BCUT2D eigenvalue weighted by molar-refractivity contribution is 5.99. The summed E-state index contributed by atoms with van der Waals surface area (Å²) in [6, 6.07) is 6.73. The normalized spacial score (nSPS) is 18.7. The van der Waals surface area contributed by atoms with Gasteiger partial charge >= 0.3 is 0 Å². The molecular weight excluding hydrogens is 310 g/mol. The molecule has 4 nitrogen and oxygen atoms in total. The van der Waals surface area contributed by atoms with Gasteiger partial charge in [-0.15, -0.1) is 0 Å². The molecule has 1 aliphatic heterocycles. The Morgan fingerprint density at radius 1 is 1.28 bits per heavy atom. The van der Waals surface area contributed by atoms with Crippen LogP contribution < -0.4 is 0 Å². The molecule has 1 atom stereocenters. The van der Waals surface area contributed by atoms with E-state index < -0.39 is 0 Å². The second-order valence-corrected chi connectivity index (χ2v) is 7.61. The van der Waals surface area contributed by atoms with Crippen LogP contribution in [0.25, 0.3) is 10.9 Å². The van der Waals surface area contributed by atoms with E-state index >= 15 is 0 Å². The van der Waals surface area contributed by atoms with Crippen LogP contribution >= 0.6 is 0 Å². The molecule has 136 valence electrons. The third-order valence-corrected chi connectivity index (χ3v) is 6.06. The highest BCUT2D eigenvalue weighted by Crippen LogP contribution is 2.25. The van der Waals surface area contributed by atoms with Gasteiger partial charge in [0.15, 0.2) is 0 Å². The average Bonchev–Trinajstić information content (AvgIpc) is 2.84. The van der Waals surface area contributed by atoms with Crippen molar-refractivity contribution in [3.05, 3.63) is 35.0 Å². The van der Waals surface area contributed by atoms with Crippen LogP contribution in [-0.2, 0) is 7.05 Å². The van der Waals surface area contributed by atoms with Crippen molar-refractivity contribution in [2.45, 2.75) is 46.1 Å². The lowest BCUT2D eigenvalue weighted by Crippen LogP contribution is -2.43. The highest BCUT2D eigenvalue weighted by atomic mass is 16.2. The summed E-state index contributed by atoms with van der Waals surface area (Å²) in [6.45, 7) is 9.48. The number of carbonyl (C=O) groups excluding carboxylic acids is 1. The van der Waals surface area contributed by atoms with Crippen molar-refractivity contribution in [3.63, 3.8) is 0 Å². The molecule has 2 aromatic rings. The molecule has 0 radical (unpaired) electrons. The van der Waals surface area contributed by atoms with E-state index in [1.165, 1.54) is 41.4 Å². The third-order valence-electron chi connectivity index (χ3n) is 6.06. The molecule has 1 aliphatic rings. The van der Waals surface area contributed by atoms with Crippen molar-refractivity contribution in [3.8, 4) is 0 Å². The summed E-state index contributed by atoms with van der Waals surface area (Å²) in [6.07, 6.45) is 3.90. The second kappa shape index (κ2) is 7.20. The zero-order chi connectivity index (χ0) is 18.1. The summed E-state index contributed by atoms with van der Waals surface area (Å²) >= 11 is 0. The molecule has 1 aromatic heterocycles. The van der Waals surface area contributed by atoms with Gasteiger partial charge in [-0.1, -0.05) is 6.42 Å². The zero-order valence-corrected chi connectivity index (χ0v) is 16.3. The SMILES string of the molecule is Cc1c(C)n(C)c2ccc(C(=O)N(C)CCN3CCCCC3C)cc12. The van der Waals surface area contributed by atoms with Crippen molar-refractivity contribution in [1.82, 2.24) is 14.4 Å².